The highest BCUT2D eigenvalue weighted by atomic mass is 32.2. The van der Waals surface area contributed by atoms with Gasteiger partial charge in [-0.05, 0) is 31.2 Å². The maximum atomic E-state index is 12.2. The summed E-state index contributed by atoms with van der Waals surface area (Å²) < 4.78 is 0. The Morgan fingerprint density at radius 3 is 2.79 bits per heavy atom. The number of nitrogens with zero attached hydrogens (tertiary/aromatic N) is 1. The molecule has 0 aliphatic heterocycles. The lowest BCUT2D eigenvalue weighted by Crippen LogP contribution is -2.43. The first kappa shape index (κ1) is 14.2. The van der Waals surface area contributed by atoms with Crippen LogP contribution in [0.2, 0.25) is 0 Å². The van der Waals surface area contributed by atoms with E-state index in [1.807, 2.05) is 30.9 Å². The van der Waals surface area contributed by atoms with Crippen molar-refractivity contribution >= 4 is 23.5 Å². The molecule has 2 N–H and O–H groups in total. The summed E-state index contributed by atoms with van der Waals surface area (Å²) in [6.07, 6.45) is 8.51. The summed E-state index contributed by atoms with van der Waals surface area (Å²) in [6, 6.07) is 3.92. The lowest BCUT2D eigenvalue weighted by Gasteiger charge is -2.30. The number of hydrogen-bond donors (Lipinski definition) is 2. The van der Waals surface area contributed by atoms with Crippen LogP contribution >= 0.6 is 11.8 Å². The number of aromatic nitrogens is 1. The molecule has 4 nitrogen and oxygen atoms in total. The number of carbonyl (C=O) groups is 1. The molecule has 1 aliphatic carbocycles. The Morgan fingerprint density at radius 1 is 1.37 bits per heavy atom. The summed E-state index contributed by atoms with van der Waals surface area (Å²) in [6.45, 7) is 0. The first-order valence-electron chi connectivity index (χ1n) is 6.72. The van der Waals surface area contributed by atoms with E-state index in [0.29, 0.717) is 16.9 Å². The predicted octanol–water partition coefficient (Wildman–Crippen LogP) is 2.53. The van der Waals surface area contributed by atoms with Crippen LogP contribution in [0, 0.1) is 0 Å². The van der Waals surface area contributed by atoms with Crippen molar-refractivity contribution in [2.45, 2.75) is 37.0 Å². The fourth-order valence-electron chi connectivity index (χ4n) is 2.47. The molecule has 104 valence electrons. The van der Waals surface area contributed by atoms with Crippen molar-refractivity contribution in [1.29, 1.82) is 0 Å². The van der Waals surface area contributed by atoms with E-state index in [1.54, 1.807) is 6.20 Å². The van der Waals surface area contributed by atoms with Crippen molar-refractivity contribution in [1.82, 2.24) is 10.3 Å². The summed E-state index contributed by atoms with van der Waals surface area (Å²) in [4.78, 5) is 16.4. The first-order chi connectivity index (χ1) is 9.24. The van der Waals surface area contributed by atoms with Crippen molar-refractivity contribution in [3.63, 3.8) is 0 Å². The highest BCUT2D eigenvalue weighted by molar-refractivity contribution is 7.99. The van der Waals surface area contributed by atoms with Gasteiger partial charge < -0.3 is 10.6 Å². The Labute approximate surface area is 118 Å². The molecule has 1 aliphatic rings. The van der Waals surface area contributed by atoms with Crippen LogP contribution in [0.15, 0.2) is 18.3 Å². The van der Waals surface area contributed by atoms with Gasteiger partial charge in [-0.3, -0.25) is 4.79 Å². The number of hydrogen-bond acceptors (Lipinski definition) is 4. The van der Waals surface area contributed by atoms with Gasteiger partial charge >= 0.3 is 0 Å². The van der Waals surface area contributed by atoms with E-state index >= 15 is 0 Å². The third kappa shape index (κ3) is 3.62. The van der Waals surface area contributed by atoms with Crippen LogP contribution in [0.25, 0.3) is 0 Å². The minimum absolute atomic E-state index is 0.0129. The molecule has 19 heavy (non-hydrogen) atoms. The number of anilines is 1. The van der Waals surface area contributed by atoms with Crippen molar-refractivity contribution in [2.75, 3.05) is 18.6 Å². The van der Waals surface area contributed by atoms with E-state index in [2.05, 4.69) is 21.9 Å². The van der Waals surface area contributed by atoms with Crippen LogP contribution in [0.3, 0.4) is 0 Å². The van der Waals surface area contributed by atoms with E-state index in [4.69, 9.17) is 0 Å². The first-order valence-corrected chi connectivity index (χ1v) is 8.01. The standard InChI is InChI=1S/C14H21N3OS/c1-15-13-8-7-10(9-16-13)14(18)17-11-5-3-4-6-12(11)19-2/h7-9,11-12H,3-6H2,1-2H3,(H,15,16)(H,17,18). The van der Waals surface area contributed by atoms with Gasteiger partial charge in [-0.15, -0.1) is 0 Å². The zero-order chi connectivity index (χ0) is 13.7. The third-order valence-electron chi connectivity index (χ3n) is 3.60. The average Bonchev–Trinajstić information content (AvgIpc) is 2.48. The number of rotatable bonds is 4. The highest BCUT2D eigenvalue weighted by Gasteiger charge is 2.25. The molecular weight excluding hydrogens is 258 g/mol. The van der Waals surface area contributed by atoms with Crippen molar-refractivity contribution in [2.24, 2.45) is 0 Å². The highest BCUT2D eigenvalue weighted by Crippen LogP contribution is 2.27. The van der Waals surface area contributed by atoms with Crippen LogP contribution in [0.1, 0.15) is 36.0 Å². The van der Waals surface area contributed by atoms with Gasteiger partial charge in [0.05, 0.1) is 5.56 Å². The zero-order valence-electron chi connectivity index (χ0n) is 11.5. The third-order valence-corrected chi connectivity index (χ3v) is 4.77. The normalized spacial score (nSPS) is 22.8. The topological polar surface area (TPSA) is 54.0 Å². The molecule has 1 saturated carbocycles. The molecule has 2 rings (SSSR count). The van der Waals surface area contributed by atoms with Gasteiger partial charge in [0.1, 0.15) is 5.82 Å². The second-order valence-corrected chi connectivity index (χ2v) is 5.90. The molecule has 1 heterocycles. The van der Waals surface area contributed by atoms with Gasteiger partial charge in [-0.2, -0.15) is 11.8 Å². The molecule has 1 aromatic rings. The number of nitrogens with one attached hydrogen (secondary N) is 2. The summed E-state index contributed by atoms with van der Waals surface area (Å²) in [5, 5.41) is 6.64. The van der Waals surface area contributed by atoms with Gasteiger partial charge in [-0.1, -0.05) is 12.8 Å². The fourth-order valence-corrected chi connectivity index (χ4v) is 3.41. The van der Waals surface area contributed by atoms with Crippen LogP contribution in [0.5, 0.6) is 0 Å². The van der Waals surface area contributed by atoms with Gasteiger partial charge in [0.2, 0.25) is 0 Å². The van der Waals surface area contributed by atoms with E-state index in [1.165, 1.54) is 19.3 Å². The Balaban J connectivity index is 1.98. The second kappa shape index (κ2) is 6.80. The monoisotopic (exact) mass is 279 g/mol. The van der Waals surface area contributed by atoms with Crippen molar-refractivity contribution in [3.05, 3.63) is 23.9 Å². The quantitative estimate of drug-likeness (QED) is 0.889. The smallest absolute Gasteiger partial charge is 0.253 e. The predicted molar refractivity (Wildman–Crippen MR) is 80.8 cm³/mol. The molecule has 1 aromatic heterocycles. The van der Waals surface area contributed by atoms with Crippen LogP contribution in [-0.4, -0.2) is 35.5 Å². The Morgan fingerprint density at radius 2 is 2.16 bits per heavy atom. The summed E-state index contributed by atoms with van der Waals surface area (Å²) in [5.41, 5.74) is 0.629. The van der Waals surface area contributed by atoms with E-state index in [9.17, 15) is 4.79 Å². The Kier molecular flexibility index (Phi) is 5.07. The van der Waals surface area contributed by atoms with Gasteiger partial charge in [-0.25, -0.2) is 4.98 Å². The molecule has 0 bridgehead atoms. The number of pyridine rings is 1. The molecule has 0 saturated heterocycles. The summed E-state index contributed by atoms with van der Waals surface area (Å²) in [7, 11) is 1.81. The molecule has 0 spiro atoms. The Hall–Kier alpha value is -1.23. The van der Waals surface area contributed by atoms with Gasteiger partial charge in [0, 0.05) is 24.5 Å². The average molecular weight is 279 g/mol. The van der Waals surface area contributed by atoms with Gasteiger partial charge in [0.15, 0.2) is 0 Å². The van der Waals surface area contributed by atoms with Crippen molar-refractivity contribution < 1.29 is 4.79 Å². The molecule has 0 radical (unpaired) electrons. The number of thioether (sulfide) groups is 1. The zero-order valence-corrected chi connectivity index (χ0v) is 12.3. The summed E-state index contributed by atoms with van der Waals surface area (Å²) >= 11 is 1.86. The number of amides is 1. The van der Waals surface area contributed by atoms with E-state index < -0.39 is 0 Å². The molecular formula is C14H21N3OS. The van der Waals surface area contributed by atoms with Crippen LogP contribution < -0.4 is 10.6 Å². The van der Waals surface area contributed by atoms with E-state index in [-0.39, 0.29) is 5.91 Å². The maximum absolute atomic E-state index is 12.2. The lowest BCUT2D eigenvalue weighted by molar-refractivity contribution is 0.0929. The van der Waals surface area contributed by atoms with Gasteiger partial charge in [0.25, 0.3) is 5.91 Å². The molecule has 0 aromatic carbocycles. The van der Waals surface area contributed by atoms with Crippen LogP contribution in [-0.2, 0) is 0 Å². The van der Waals surface area contributed by atoms with Crippen LogP contribution in [0.4, 0.5) is 5.82 Å². The molecule has 2 atom stereocenters. The van der Waals surface area contributed by atoms with E-state index in [0.717, 1.165) is 12.2 Å². The molecule has 5 heteroatoms. The minimum atomic E-state index is -0.0129. The Bertz CT molecular complexity index is 421. The van der Waals surface area contributed by atoms with Crippen molar-refractivity contribution in [3.8, 4) is 0 Å². The molecule has 2 unspecified atom stereocenters. The maximum Gasteiger partial charge on any atom is 0.253 e. The molecule has 1 fully saturated rings. The minimum Gasteiger partial charge on any atom is -0.373 e. The fraction of sp³-hybridized carbons (Fsp3) is 0.571. The lowest BCUT2D eigenvalue weighted by atomic mass is 9.94. The molecule has 1 amide bonds. The number of carbonyl (C=O) groups excluding carboxylic acids is 1. The second-order valence-electron chi connectivity index (χ2n) is 4.82. The largest absolute Gasteiger partial charge is 0.373 e. The SMILES string of the molecule is CNc1ccc(C(=O)NC2CCCCC2SC)cn1. The summed E-state index contributed by atoms with van der Waals surface area (Å²) in [5.74, 6) is 0.761.